The molecular formula is C18H20N2O6S2. The molecule has 3 rings (SSSR count). The molecule has 2 atom stereocenters. The Labute approximate surface area is 170 Å². The Hall–Kier alpha value is -2.17. The molecule has 2 aliphatic rings. The van der Waals surface area contributed by atoms with Gasteiger partial charge in [0.15, 0.2) is 0 Å². The van der Waals surface area contributed by atoms with Crippen molar-refractivity contribution in [2.45, 2.75) is 12.1 Å². The standard InChI is InChI=1S/C18H20N2O6S2/c1-25-11-4-3-10(14(6-11)26-2)5-15-17(23)20(18(24)28-15)7-16(22)19-12-8-27-9-13(12)21/h3-6,12-13,21H,7-9H2,1-2H3,(H,19,22)/b15-5-/t12-,13+/m0/s1. The van der Waals surface area contributed by atoms with Gasteiger partial charge in [0.2, 0.25) is 5.91 Å². The number of carbonyl (C=O) groups excluding carboxylic acids is 3. The molecule has 1 aromatic carbocycles. The van der Waals surface area contributed by atoms with Crippen molar-refractivity contribution >= 4 is 46.7 Å². The fourth-order valence-corrected chi connectivity index (χ4v) is 4.79. The normalized spacial score (nSPS) is 23.4. The lowest BCUT2D eigenvalue weighted by Gasteiger charge is -2.18. The molecule has 2 aliphatic heterocycles. The van der Waals surface area contributed by atoms with Gasteiger partial charge in [-0.15, -0.1) is 0 Å². The average Bonchev–Trinajstić information content (AvgIpc) is 3.19. The van der Waals surface area contributed by atoms with Crippen molar-refractivity contribution in [1.29, 1.82) is 0 Å². The molecule has 0 aromatic heterocycles. The van der Waals surface area contributed by atoms with Gasteiger partial charge in [-0.1, -0.05) is 0 Å². The van der Waals surface area contributed by atoms with E-state index in [0.717, 1.165) is 16.7 Å². The molecule has 0 spiro atoms. The number of amides is 3. The Morgan fingerprint density at radius 3 is 2.75 bits per heavy atom. The van der Waals surface area contributed by atoms with E-state index in [1.807, 2.05) is 0 Å². The Balaban J connectivity index is 1.71. The van der Waals surface area contributed by atoms with E-state index in [9.17, 15) is 19.5 Å². The Morgan fingerprint density at radius 2 is 2.11 bits per heavy atom. The van der Waals surface area contributed by atoms with Crippen molar-refractivity contribution in [3.63, 3.8) is 0 Å². The summed E-state index contributed by atoms with van der Waals surface area (Å²) in [4.78, 5) is 38.1. The lowest BCUT2D eigenvalue weighted by Crippen LogP contribution is -2.47. The Morgan fingerprint density at radius 1 is 1.32 bits per heavy atom. The zero-order valence-electron chi connectivity index (χ0n) is 15.3. The summed E-state index contributed by atoms with van der Waals surface area (Å²) in [5, 5.41) is 11.9. The average molecular weight is 425 g/mol. The number of hydrogen-bond donors (Lipinski definition) is 2. The van der Waals surface area contributed by atoms with Crippen molar-refractivity contribution in [3.05, 3.63) is 28.7 Å². The number of aliphatic hydroxyl groups excluding tert-OH is 1. The van der Waals surface area contributed by atoms with Crippen LogP contribution in [0.3, 0.4) is 0 Å². The van der Waals surface area contributed by atoms with E-state index in [2.05, 4.69) is 5.32 Å². The second kappa shape index (κ2) is 8.89. The first-order chi connectivity index (χ1) is 13.4. The van der Waals surface area contributed by atoms with Crippen LogP contribution in [0.1, 0.15) is 5.56 Å². The monoisotopic (exact) mass is 424 g/mol. The van der Waals surface area contributed by atoms with Crippen LogP contribution in [-0.2, 0) is 9.59 Å². The molecule has 0 bridgehead atoms. The van der Waals surface area contributed by atoms with Crippen molar-refractivity contribution < 1.29 is 29.0 Å². The zero-order chi connectivity index (χ0) is 20.3. The number of rotatable bonds is 6. The van der Waals surface area contributed by atoms with Crippen molar-refractivity contribution in [2.75, 3.05) is 32.3 Å². The van der Waals surface area contributed by atoms with Gasteiger partial charge in [0.05, 0.1) is 31.3 Å². The largest absolute Gasteiger partial charge is 0.497 e. The second-order valence-electron chi connectivity index (χ2n) is 6.15. The molecule has 3 amide bonds. The molecule has 0 radical (unpaired) electrons. The van der Waals surface area contributed by atoms with Gasteiger partial charge in [-0.2, -0.15) is 11.8 Å². The molecule has 0 saturated carbocycles. The van der Waals surface area contributed by atoms with E-state index in [-0.39, 0.29) is 17.5 Å². The molecule has 10 heteroatoms. The summed E-state index contributed by atoms with van der Waals surface area (Å²) in [5.74, 6) is 1.24. The molecule has 0 aliphatic carbocycles. The topological polar surface area (TPSA) is 105 Å². The van der Waals surface area contributed by atoms with Gasteiger partial charge in [-0.3, -0.25) is 19.3 Å². The quantitative estimate of drug-likeness (QED) is 0.659. The maximum atomic E-state index is 12.6. The SMILES string of the molecule is COc1ccc(/C=C2\SC(=O)N(CC(=O)N[C@H]3CSC[C@H]3O)C2=O)c(OC)c1. The van der Waals surface area contributed by atoms with Gasteiger partial charge in [0, 0.05) is 23.1 Å². The van der Waals surface area contributed by atoms with E-state index in [1.54, 1.807) is 24.3 Å². The number of carbonyl (C=O) groups is 3. The van der Waals surface area contributed by atoms with Crippen LogP contribution in [-0.4, -0.2) is 71.5 Å². The number of aliphatic hydroxyl groups is 1. The fourth-order valence-electron chi connectivity index (χ4n) is 2.79. The van der Waals surface area contributed by atoms with Crippen LogP contribution in [0.5, 0.6) is 11.5 Å². The summed E-state index contributed by atoms with van der Waals surface area (Å²) in [7, 11) is 3.03. The highest BCUT2D eigenvalue weighted by Crippen LogP contribution is 2.34. The Kier molecular flexibility index (Phi) is 6.53. The summed E-state index contributed by atoms with van der Waals surface area (Å²) in [6, 6.07) is 4.75. The Bertz CT molecular complexity index is 828. The minimum atomic E-state index is -0.619. The zero-order valence-corrected chi connectivity index (χ0v) is 17.0. The number of nitrogens with zero attached hydrogens (tertiary/aromatic N) is 1. The number of imide groups is 1. The number of thioether (sulfide) groups is 2. The van der Waals surface area contributed by atoms with Crippen LogP contribution in [0.15, 0.2) is 23.1 Å². The molecule has 1 aromatic rings. The lowest BCUT2D eigenvalue weighted by molar-refractivity contribution is -0.129. The van der Waals surface area contributed by atoms with Gasteiger partial charge in [0.25, 0.3) is 11.1 Å². The smallest absolute Gasteiger partial charge is 0.294 e. The lowest BCUT2D eigenvalue weighted by atomic mass is 10.1. The van der Waals surface area contributed by atoms with Gasteiger partial charge >= 0.3 is 0 Å². The van der Waals surface area contributed by atoms with Gasteiger partial charge in [-0.05, 0) is 30.0 Å². The van der Waals surface area contributed by atoms with Crippen molar-refractivity contribution in [1.82, 2.24) is 10.2 Å². The molecule has 0 unspecified atom stereocenters. The van der Waals surface area contributed by atoms with Crippen LogP contribution in [0.4, 0.5) is 4.79 Å². The molecule has 28 heavy (non-hydrogen) atoms. The first-order valence-electron chi connectivity index (χ1n) is 8.45. The fraction of sp³-hybridized carbons (Fsp3) is 0.389. The van der Waals surface area contributed by atoms with Crippen LogP contribution < -0.4 is 14.8 Å². The number of nitrogens with one attached hydrogen (secondary N) is 1. The maximum absolute atomic E-state index is 12.6. The van der Waals surface area contributed by atoms with Gasteiger partial charge < -0.3 is 19.9 Å². The summed E-state index contributed by atoms with van der Waals surface area (Å²) < 4.78 is 10.4. The van der Waals surface area contributed by atoms with Crippen molar-refractivity contribution in [2.24, 2.45) is 0 Å². The molecular weight excluding hydrogens is 404 g/mol. The summed E-state index contributed by atoms with van der Waals surface area (Å²) in [6.07, 6.45) is 0.935. The summed E-state index contributed by atoms with van der Waals surface area (Å²) in [6.45, 7) is -0.379. The summed E-state index contributed by atoms with van der Waals surface area (Å²) >= 11 is 2.31. The highest BCUT2D eigenvalue weighted by atomic mass is 32.2. The van der Waals surface area contributed by atoms with Crippen LogP contribution in [0.2, 0.25) is 0 Å². The number of hydrogen-bond acceptors (Lipinski definition) is 8. The molecule has 8 nitrogen and oxygen atoms in total. The molecule has 2 N–H and O–H groups in total. The predicted octanol–water partition coefficient (Wildman–Crippen LogP) is 1.33. The third-order valence-electron chi connectivity index (χ3n) is 4.30. The van der Waals surface area contributed by atoms with Gasteiger partial charge in [0.1, 0.15) is 18.0 Å². The molecule has 150 valence electrons. The number of benzene rings is 1. The van der Waals surface area contributed by atoms with Crippen LogP contribution in [0, 0.1) is 0 Å². The van der Waals surface area contributed by atoms with Crippen LogP contribution >= 0.6 is 23.5 Å². The van der Waals surface area contributed by atoms with E-state index in [0.29, 0.717) is 28.6 Å². The predicted molar refractivity (Wildman–Crippen MR) is 107 cm³/mol. The first-order valence-corrected chi connectivity index (χ1v) is 10.4. The highest BCUT2D eigenvalue weighted by molar-refractivity contribution is 8.18. The third kappa shape index (κ3) is 4.45. The second-order valence-corrected chi connectivity index (χ2v) is 8.22. The number of ether oxygens (including phenoxy) is 2. The highest BCUT2D eigenvalue weighted by Gasteiger charge is 2.37. The van der Waals surface area contributed by atoms with E-state index in [4.69, 9.17) is 9.47 Å². The third-order valence-corrected chi connectivity index (χ3v) is 6.38. The minimum Gasteiger partial charge on any atom is -0.497 e. The molecule has 2 heterocycles. The molecule has 2 fully saturated rings. The first kappa shape index (κ1) is 20.6. The van der Waals surface area contributed by atoms with E-state index >= 15 is 0 Å². The van der Waals surface area contributed by atoms with Gasteiger partial charge in [-0.25, -0.2) is 0 Å². The maximum Gasteiger partial charge on any atom is 0.294 e. The van der Waals surface area contributed by atoms with E-state index < -0.39 is 23.2 Å². The van der Waals surface area contributed by atoms with Crippen LogP contribution in [0.25, 0.3) is 6.08 Å². The summed E-state index contributed by atoms with van der Waals surface area (Å²) in [5.41, 5.74) is 0.615. The number of methoxy groups -OCH3 is 2. The van der Waals surface area contributed by atoms with E-state index in [1.165, 1.54) is 26.0 Å². The minimum absolute atomic E-state index is 0.206. The molecule has 2 saturated heterocycles. The van der Waals surface area contributed by atoms with Crippen molar-refractivity contribution in [3.8, 4) is 11.5 Å².